The first-order valence-electron chi connectivity index (χ1n) is 7.73. The maximum atomic E-state index is 6.20. The average Bonchev–Trinajstić information content (AvgIpc) is 2.48. The molecule has 2 unspecified atom stereocenters. The van der Waals surface area contributed by atoms with Crippen LogP contribution in [0.25, 0.3) is 0 Å². The van der Waals surface area contributed by atoms with Gasteiger partial charge in [-0.1, -0.05) is 25.4 Å². The highest BCUT2D eigenvalue weighted by molar-refractivity contribution is 6.30. The molecule has 120 valence electrons. The second kappa shape index (κ2) is 8.62. The monoisotopic (exact) mass is 313 g/mol. The maximum absolute atomic E-state index is 6.20. The summed E-state index contributed by atoms with van der Waals surface area (Å²) in [7, 11) is 1.69. The van der Waals surface area contributed by atoms with Crippen LogP contribution in [-0.2, 0) is 4.74 Å². The number of hydrogen-bond acceptors (Lipinski definition) is 3. The molecule has 3 nitrogen and oxygen atoms in total. The van der Waals surface area contributed by atoms with Gasteiger partial charge in [0.05, 0.1) is 18.8 Å². The summed E-state index contributed by atoms with van der Waals surface area (Å²) in [5, 5.41) is 4.31. The number of methoxy groups -OCH3 is 1. The zero-order valence-corrected chi connectivity index (χ0v) is 14.6. The molecule has 0 aliphatic rings. The van der Waals surface area contributed by atoms with Gasteiger partial charge in [-0.3, -0.25) is 0 Å². The Labute approximate surface area is 134 Å². The summed E-state index contributed by atoms with van der Waals surface area (Å²) < 4.78 is 11.6. The molecule has 0 aliphatic heterocycles. The van der Waals surface area contributed by atoms with Gasteiger partial charge in [-0.05, 0) is 51.4 Å². The Bertz CT molecular complexity index is 439. The maximum Gasteiger partial charge on any atom is 0.123 e. The zero-order chi connectivity index (χ0) is 15.9. The number of ether oxygens (including phenoxy) is 2. The SMILES string of the molecule is CCCNC(c1cc(Cl)ccc1OC)C(C)(CC)OCC. The number of hydrogen-bond donors (Lipinski definition) is 1. The van der Waals surface area contributed by atoms with Gasteiger partial charge in [-0.2, -0.15) is 0 Å². The van der Waals surface area contributed by atoms with E-state index < -0.39 is 0 Å². The molecule has 0 heterocycles. The summed E-state index contributed by atoms with van der Waals surface area (Å²) in [6.07, 6.45) is 1.96. The lowest BCUT2D eigenvalue weighted by Crippen LogP contribution is -2.44. The van der Waals surface area contributed by atoms with Crippen molar-refractivity contribution in [2.24, 2.45) is 0 Å². The van der Waals surface area contributed by atoms with Gasteiger partial charge in [0.15, 0.2) is 0 Å². The number of nitrogens with one attached hydrogen (secondary N) is 1. The minimum atomic E-state index is -0.304. The Kier molecular flexibility index (Phi) is 7.50. The molecule has 1 aromatic rings. The Morgan fingerprint density at radius 3 is 2.52 bits per heavy atom. The lowest BCUT2D eigenvalue weighted by atomic mass is 9.87. The Morgan fingerprint density at radius 2 is 2.00 bits per heavy atom. The predicted molar refractivity (Wildman–Crippen MR) is 89.4 cm³/mol. The molecule has 0 bridgehead atoms. The lowest BCUT2D eigenvalue weighted by Gasteiger charge is -2.38. The molecule has 2 atom stereocenters. The van der Waals surface area contributed by atoms with Gasteiger partial charge in [0.25, 0.3) is 0 Å². The van der Waals surface area contributed by atoms with Crippen molar-refractivity contribution in [2.45, 2.75) is 52.2 Å². The number of halogens is 1. The van der Waals surface area contributed by atoms with Crippen LogP contribution in [0.3, 0.4) is 0 Å². The van der Waals surface area contributed by atoms with Crippen molar-refractivity contribution >= 4 is 11.6 Å². The normalized spacial score (nSPS) is 15.5. The molecule has 1 N–H and O–H groups in total. The van der Waals surface area contributed by atoms with Crippen LogP contribution in [0, 0.1) is 0 Å². The summed E-state index contributed by atoms with van der Waals surface area (Å²) in [6, 6.07) is 5.78. The molecular weight excluding hydrogens is 286 g/mol. The molecule has 0 fully saturated rings. The quantitative estimate of drug-likeness (QED) is 0.723. The molecule has 21 heavy (non-hydrogen) atoms. The minimum Gasteiger partial charge on any atom is -0.496 e. The van der Waals surface area contributed by atoms with Gasteiger partial charge >= 0.3 is 0 Å². The molecule has 4 heteroatoms. The minimum absolute atomic E-state index is 0.0380. The van der Waals surface area contributed by atoms with Crippen molar-refractivity contribution < 1.29 is 9.47 Å². The van der Waals surface area contributed by atoms with Crippen LogP contribution in [0.4, 0.5) is 0 Å². The highest BCUT2D eigenvalue weighted by Crippen LogP contribution is 2.38. The zero-order valence-electron chi connectivity index (χ0n) is 13.8. The van der Waals surface area contributed by atoms with E-state index in [9.17, 15) is 0 Å². The fraction of sp³-hybridized carbons (Fsp3) is 0.647. The van der Waals surface area contributed by atoms with E-state index in [1.54, 1.807) is 7.11 Å². The molecule has 0 amide bonds. The van der Waals surface area contributed by atoms with Crippen LogP contribution in [0.5, 0.6) is 5.75 Å². The van der Waals surface area contributed by atoms with Crippen LogP contribution in [0.1, 0.15) is 52.1 Å². The van der Waals surface area contributed by atoms with Crippen LogP contribution in [0.15, 0.2) is 18.2 Å². The van der Waals surface area contributed by atoms with E-state index in [-0.39, 0.29) is 11.6 Å². The van der Waals surface area contributed by atoms with Crippen LogP contribution in [0.2, 0.25) is 5.02 Å². The number of benzene rings is 1. The van der Waals surface area contributed by atoms with E-state index in [4.69, 9.17) is 21.1 Å². The molecule has 1 rings (SSSR count). The predicted octanol–water partition coefficient (Wildman–Crippen LogP) is 4.59. The fourth-order valence-corrected chi connectivity index (χ4v) is 2.77. The van der Waals surface area contributed by atoms with Crippen molar-refractivity contribution in [3.05, 3.63) is 28.8 Å². The van der Waals surface area contributed by atoms with Gasteiger partial charge in [0, 0.05) is 17.2 Å². The highest BCUT2D eigenvalue weighted by Gasteiger charge is 2.35. The number of rotatable bonds is 9. The second-order valence-corrected chi connectivity index (χ2v) is 5.81. The fourth-order valence-electron chi connectivity index (χ4n) is 2.59. The van der Waals surface area contributed by atoms with Gasteiger partial charge < -0.3 is 14.8 Å². The van der Waals surface area contributed by atoms with Gasteiger partial charge in [0.1, 0.15) is 5.75 Å². The van der Waals surface area contributed by atoms with Crippen molar-refractivity contribution in [1.82, 2.24) is 5.32 Å². The van der Waals surface area contributed by atoms with Crippen molar-refractivity contribution in [2.75, 3.05) is 20.3 Å². The largest absolute Gasteiger partial charge is 0.496 e. The van der Waals surface area contributed by atoms with E-state index in [2.05, 4.69) is 26.1 Å². The van der Waals surface area contributed by atoms with Crippen molar-refractivity contribution in [1.29, 1.82) is 0 Å². The molecular formula is C17H28ClNO2. The Hall–Kier alpha value is -0.770. The first kappa shape index (κ1) is 18.3. The molecule has 0 aliphatic carbocycles. The second-order valence-electron chi connectivity index (χ2n) is 5.37. The summed E-state index contributed by atoms with van der Waals surface area (Å²) in [5.74, 6) is 0.840. The van der Waals surface area contributed by atoms with Crippen molar-refractivity contribution in [3.63, 3.8) is 0 Å². The molecule has 0 saturated heterocycles. The van der Waals surface area contributed by atoms with Gasteiger partial charge in [-0.25, -0.2) is 0 Å². The van der Waals surface area contributed by atoms with Gasteiger partial charge in [0.2, 0.25) is 0 Å². The van der Waals surface area contributed by atoms with Crippen LogP contribution in [-0.4, -0.2) is 25.9 Å². The third-order valence-corrected chi connectivity index (χ3v) is 4.12. The van der Waals surface area contributed by atoms with Crippen LogP contribution >= 0.6 is 11.6 Å². The van der Waals surface area contributed by atoms with Crippen LogP contribution < -0.4 is 10.1 Å². The van der Waals surface area contributed by atoms with E-state index >= 15 is 0 Å². The summed E-state index contributed by atoms with van der Waals surface area (Å²) in [5.41, 5.74) is 0.748. The van der Waals surface area contributed by atoms with E-state index in [0.29, 0.717) is 11.6 Å². The molecule has 1 aromatic carbocycles. The Balaban J connectivity index is 3.26. The van der Waals surface area contributed by atoms with Crippen molar-refractivity contribution in [3.8, 4) is 5.75 Å². The lowest BCUT2D eigenvalue weighted by molar-refractivity contribution is -0.0567. The topological polar surface area (TPSA) is 30.5 Å². The first-order valence-corrected chi connectivity index (χ1v) is 8.10. The first-order chi connectivity index (χ1) is 10.0. The third-order valence-electron chi connectivity index (χ3n) is 3.89. The molecule has 0 saturated carbocycles. The van der Waals surface area contributed by atoms with Gasteiger partial charge in [-0.15, -0.1) is 0 Å². The van der Waals surface area contributed by atoms with E-state index in [1.165, 1.54) is 0 Å². The summed E-state index contributed by atoms with van der Waals surface area (Å²) in [6.45, 7) is 10.1. The smallest absolute Gasteiger partial charge is 0.123 e. The molecule has 0 spiro atoms. The standard InChI is InChI=1S/C17H28ClNO2/c1-6-11-19-16(17(4,7-2)21-8-3)14-12-13(18)9-10-15(14)20-5/h9-10,12,16,19H,6-8,11H2,1-5H3. The highest BCUT2D eigenvalue weighted by atomic mass is 35.5. The summed E-state index contributed by atoms with van der Waals surface area (Å²) in [4.78, 5) is 0. The van der Waals surface area contributed by atoms with E-state index in [1.807, 2.05) is 25.1 Å². The summed E-state index contributed by atoms with van der Waals surface area (Å²) >= 11 is 6.20. The third kappa shape index (κ3) is 4.60. The average molecular weight is 314 g/mol. The molecule has 0 aromatic heterocycles. The molecule has 0 radical (unpaired) electrons. The Morgan fingerprint density at radius 1 is 1.29 bits per heavy atom. The van der Waals surface area contributed by atoms with E-state index in [0.717, 1.165) is 30.7 Å².